The molecule has 0 spiro atoms. The van der Waals surface area contributed by atoms with E-state index in [1.165, 1.54) is 5.56 Å². The van der Waals surface area contributed by atoms with Crippen molar-refractivity contribution in [2.45, 2.75) is 12.7 Å². The highest BCUT2D eigenvalue weighted by atomic mass is 32.2. The maximum Gasteiger partial charge on any atom is 0.333 e. The minimum atomic E-state index is -0.00439. The maximum atomic E-state index is 12.4. The molecule has 1 heterocycles. The molecule has 0 aliphatic rings. The largest absolute Gasteiger partial charge is 0.333 e. The minimum Gasteiger partial charge on any atom is -0.295 e. The van der Waals surface area contributed by atoms with Crippen molar-refractivity contribution in [2.24, 2.45) is 7.05 Å². The first-order valence-electron chi connectivity index (χ1n) is 7.17. The molecule has 0 bridgehead atoms. The van der Waals surface area contributed by atoms with Gasteiger partial charge in [-0.15, -0.1) is 11.8 Å². The van der Waals surface area contributed by atoms with Crippen molar-refractivity contribution in [3.05, 3.63) is 76.1 Å². The summed E-state index contributed by atoms with van der Waals surface area (Å²) in [5.74, 6) is 0.900. The number of rotatable bonds is 4. The smallest absolute Gasteiger partial charge is 0.295 e. The van der Waals surface area contributed by atoms with Gasteiger partial charge in [0, 0.05) is 18.5 Å². The molecule has 0 atom stereocenters. The van der Waals surface area contributed by atoms with E-state index in [1.807, 2.05) is 56.4 Å². The van der Waals surface area contributed by atoms with Gasteiger partial charge in [0.25, 0.3) is 0 Å². The predicted molar refractivity (Wildman–Crippen MR) is 94.9 cm³/mol. The molecule has 0 aliphatic heterocycles. The highest BCUT2D eigenvalue weighted by Gasteiger charge is 2.10. The third-order valence-electron chi connectivity index (χ3n) is 3.66. The number of allylic oxidation sites excluding steroid dienone is 1. The van der Waals surface area contributed by atoms with E-state index >= 15 is 0 Å². The van der Waals surface area contributed by atoms with Gasteiger partial charge in [-0.3, -0.25) is 9.13 Å². The fourth-order valence-electron chi connectivity index (χ4n) is 2.52. The van der Waals surface area contributed by atoms with Crippen LogP contribution in [-0.4, -0.2) is 9.13 Å². The number of thioether (sulfide) groups is 1. The van der Waals surface area contributed by atoms with E-state index in [4.69, 9.17) is 0 Å². The number of aryl methyl sites for hydroxylation is 1. The summed E-state index contributed by atoms with van der Waals surface area (Å²) in [6.45, 7) is 1.98. The summed E-state index contributed by atoms with van der Waals surface area (Å²) in [5, 5.41) is 2.06. The molecule has 0 fully saturated rings. The normalized spacial score (nSPS) is 12.0. The van der Waals surface area contributed by atoms with Crippen molar-refractivity contribution in [1.82, 2.24) is 9.13 Å². The van der Waals surface area contributed by atoms with Crippen LogP contribution in [0.5, 0.6) is 0 Å². The van der Waals surface area contributed by atoms with Gasteiger partial charge in [-0.05, 0) is 30.0 Å². The van der Waals surface area contributed by atoms with Gasteiger partial charge in [-0.1, -0.05) is 42.5 Å². The van der Waals surface area contributed by atoms with Crippen LogP contribution in [0, 0.1) is 0 Å². The number of benzene rings is 2. The van der Waals surface area contributed by atoms with Gasteiger partial charge in [0.05, 0.1) is 11.0 Å². The summed E-state index contributed by atoms with van der Waals surface area (Å²) in [7, 11) is 1.81. The second kappa shape index (κ2) is 6.28. The van der Waals surface area contributed by atoms with E-state index < -0.39 is 0 Å². The van der Waals surface area contributed by atoms with Gasteiger partial charge >= 0.3 is 5.69 Å². The van der Waals surface area contributed by atoms with Crippen LogP contribution in [0.1, 0.15) is 12.5 Å². The fourth-order valence-corrected chi connectivity index (χ4v) is 3.33. The lowest BCUT2D eigenvalue weighted by Crippen LogP contribution is -2.20. The summed E-state index contributed by atoms with van der Waals surface area (Å²) >= 11 is 1.70. The lowest BCUT2D eigenvalue weighted by Gasteiger charge is -2.03. The monoisotopic (exact) mass is 310 g/mol. The zero-order valence-electron chi connectivity index (χ0n) is 12.7. The number of aromatic nitrogens is 2. The molecule has 0 aliphatic carbocycles. The van der Waals surface area contributed by atoms with E-state index in [0.717, 1.165) is 22.5 Å². The number of fused-ring (bicyclic) bond motifs is 1. The minimum absolute atomic E-state index is 0.00439. The number of nitrogens with zero attached hydrogens (tertiary/aromatic N) is 2. The van der Waals surface area contributed by atoms with E-state index in [0.29, 0.717) is 0 Å². The van der Waals surface area contributed by atoms with E-state index in [-0.39, 0.29) is 5.69 Å². The van der Waals surface area contributed by atoms with Crippen LogP contribution in [-0.2, 0) is 12.8 Å². The topological polar surface area (TPSA) is 26.9 Å². The average molecular weight is 310 g/mol. The van der Waals surface area contributed by atoms with Crippen LogP contribution in [0.4, 0.5) is 0 Å². The molecule has 4 heteroatoms. The van der Waals surface area contributed by atoms with Crippen molar-refractivity contribution < 1.29 is 0 Å². The summed E-state index contributed by atoms with van der Waals surface area (Å²) in [4.78, 5) is 12.4. The molecule has 0 amide bonds. The molecule has 0 saturated heterocycles. The van der Waals surface area contributed by atoms with E-state index in [1.54, 1.807) is 20.9 Å². The van der Waals surface area contributed by atoms with E-state index in [9.17, 15) is 4.79 Å². The molecule has 0 radical (unpaired) electrons. The van der Waals surface area contributed by atoms with Gasteiger partial charge < -0.3 is 0 Å². The summed E-state index contributed by atoms with van der Waals surface area (Å²) < 4.78 is 3.46. The Morgan fingerprint density at radius 2 is 1.68 bits per heavy atom. The molecule has 0 unspecified atom stereocenters. The first-order chi connectivity index (χ1) is 10.7. The summed E-state index contributed by atoms with van der Waals surface area (Å²) in [5.41, 5.74) is 4.12. The molecule has 3 rings (SSSR count). The van der Waals surface area contributed by atoms with Crippen molar-refractivity contribution >= 4 is 28.5 Å². The zero-order chi connectivity index (χ0) is 15.5. The van der Waals surface area contributed by atoms with E-state index in [2.05, 4.69) is 17.5 Å². The van der Waals surface area contributed by atoms with Gasteiger partial charge in [0.15, 0.2) is 0 Å². The van der Waals surface area contributed by atoms with Crippen molar-refractivity contribution in [1.29, 1.82) is 0 Å². The second-order valence-corrected chi connectivity index (χ2v) is 6.08. The first kappa shape index (κ1) is 14.7. The van der Waals surface area contributed by atoms with Crippen LogP contribution in [0.3, 0.4) is 0 Å². The number of hydrogen-bond donors (Lipinski definition) is 0. The highest BCUT2D eigenvalue weighted by Crippen LogP contribution is 2.20. The van der Waals surface area contributed by atoms with Crippen LogP contribution < -0.4 is 5.69 Å². The second-order valence-electron chi connectivity index (χ2n) is 5.22. The Hall–Kier alpha value is -2.20. The quantitative estimate of drug-likeness (QED) is 0.725. The Labute approximate surface area is 133 Å². The van der Waals surface area contributed by atoms with Crippen LogP contribution in [0.25, 0.3) is 16.7 Å². The Kier molecular flexibility index (Phi) is 4.20. The average Bonchev–Trinajstić information content (AvgIpc) is 2.80. The summed E-state index contributed by atoms with van der Waals surface area (Å²) in [6, 6.07) is 18.2. The number of hydrogen-bond acceptors (Lipinski definition) is 2. The van der Waals surface area contributed by atoms with Crippen molar-refractivity contribution in [2.75, 3.05) is 0 Å². The van der Waals surface area contributed by atoms with Gasteiger partial charge in [0.2, 0.25) is 0 Å². The molecule has 0 N–H and O–H groups in total. The first-order valence-corrected chi connectivity index (χ1v) is 8.22. The Morgan fingerprint density at radius 1 is 1.05 bits per heavy atom. The standard InChI is InChI=1S/C18H18N2OS/c1-14(12-22-13-15-8-4-3-5-9-15)20-17-11-7-6-10-16(17)19(2)18(20)21/h3-12H,13H2,1-2H3/b14-12-. The highest BCUT2D eigenvalue weighted by molar-refractivity contribution is 8.01. The molecular formula is C18H18N2OS. The molecule has 22 heavy (non-hydrogen) atoms. The number of para-hydroxylation sites is 2. The Balaban J connectivity index is 1.89. The van der Waals surface area contributed by atoms with Gasteiger partial charge in [-0.25, -0.2) is 4.79 Å². The van der Waals surface area contributed by atoms with Crippen LogP contribution in [0.2, 0.25) is 0 Å². The van der Waals surface area contributed by atoms with Gasteiger partial charge in [0.1, 0.15) is 0 Å². The maximum absolute atomic E-state index is 12.4. The molecule has 3 nitrogen and oxygen atoms in total. The lowest BCUT2D eigenvalue weighted by atomic mass is 10.2. The predicted octanol–water partition coefficient (Wildman–Crippen LogP) is 4.09. The molecule has 3 aromatic rings. The number of imidazole rings is 1. The molecule has 2 aromatic carbocycles. The van der Waals surface area contributed by atoms with Crippen LogP contribution >= 0.6 is 11.8 Å². The van der Waals surface area contributed by atoms with Gasteiger partial charge in [-0.2, -0.15) is 0 Å². The SMILES string of the molecule is C/C(=C/SCc1ccccc1)n1c(=O)n(C)c2ccccc21. The Bertz CT molecular complexity index is 875. The third kappa shape index (κ3) is 2.74. The molecular weight excluding hydrogens is 292 g/mol. The zero-order valence-corrected chi connectivity index (χ0v) is 13.5. The third-order valence-corrected chi connectivity index (χ3v) is 4.67. The van der Waals surface area contributed by atoms with Crippen molar-refractivity contribution in [3.63, 3.8) is 0 Å². The fraction of sp³-hybridized carbons (Fsp3) is 0.167. The van der Waals surface area contributed by atoms with Crippen molar-refractivity contribution in [3.8, 4) is 0 Å². The lowest BCUT2D eigenvalue weighted by molar-refractivity contribution is 0.852. The molecule has 0 saturated carbocycles. The summed E-state index contributed by atoms with van der Waals surface area (Å²) in [6.07, 6.45) is 0. The Morgan fingerprint density at radius 3 is 2.41 bits per heavy atom. The molecule has 1 aromatic heterocycles. The van der Waals surface area contributed by atoms with Crippen LogP contribution in [0.15, 0.2) is 64.8 Å². The molecule has 112 valence electrons.